The van der Waals surface area contributed by atoms with Crippen LogP contribution in [0.4, 0.5) is 0 Å². The summed E-state index contributed by atoms with van der Waals surface area (Å²) >= 11 is 0. The third kappa shape index (κ3) is 3.53. The normalized spacial score (nSPS) is 22.2. The van der Waals surface area contributed by atoms with E-state index in [0.717, 1.165) is 12.5 Å². The number of hydrogen-bond donors (Lipinski definition) is 1. The van der Waals surface area contributed by atoms with Crippen LogP contribution >= 0.6 is 0 Å². The van der Waals surface area contributed by atoms with Crippen LogP contribution in [0.25, 0.3) is 0 Å². The van der Waals surface area contributed by atoms with Crippen LogP contribution in [-0.2, 0) is 0 Å². The molecule has 0 bridgehead atoms. The summed E-state index contributed by atoms with van der Waals surface area (Å²) < 4.78 is 0. The highest BCUT2D eigenvalue weighted by Crippen LogP contribution is 2.26. The molecule has 0 amide bonds. The van der Waals surface area contributed by atoms with Gasteiger partial charge in [-0.25, -0.2) is 0 Å². The van der Waals surface area contributed by atoms with E-state index in [2.05, 4.69) is 35.1 Å². The van der Waals surface area contributed by atoms with Crippen molar-refractivity contribution in [2.75, 3.05) is 26.2 Å². The van der Waals surface area contributed by atoms with Gasteiger partial charge in [-0.05, 0) is 56.9 Å². The molecule has 1 aromatic rings. The molecule has 0 spiro atoms. The maximum atomic E-state index is 4.22. The van der Waals surface area contributed by atoms with E-state index in [1.165, 1.54) is 38.0 Å². The minimum atomic E-state index is 0.495. The lowest BCUT2D eigenvalue weighted by Crippen LogP contribution is -2.28. The second-order valence-electron chi connectivity index (χ2n) is 5.32. The molecule has 0 aliphatic carbocycles. The fraction of sp³-hybridized carbons (Fsp3) is 0.667. The van der Waals surface area contributed by atoms with Gasteiger partial charge in [0.1, 0.15) is 0 Å². The number of rotatable bonds is 6. The molecule has 2 heterocycles. The highest BCUT2D eigenvalue weighted by Gasteiger charge is 2.26. The zero-order chi connectivity index (χ0) is 12.8. The van der Waals surface area contributed by atoms with Gasteiger partial charge < -0.3 is 5.32 Å². The molecule has 1 aliphatic rings. The quantitative estimate of drug-likeness (QED) is 0.783. The van der Waals surface area contributed by atoms with Crippen LogP contribution in [0.15, 0.2) is 24.5 Å². The number of aromatic nitrogens is 1. The molecule has 0 radical (unpaired) electrons. The van der Waals surface area contributed by atoms with Crippen LogP contribution in [0.1, 0.15) is 38.3 Å². The SMILES string of the molecule is CCCNCC1CCN(C(C)c2cccnc2)C1. The van der Waals surface area contributed by atoms with Crippen LogP contribution in [-0.4, -0.2) is 36.1 Å². The van der Waals surface area contributed by atoms with E-state index in [4.69, 9.17) is 0 Å². The van der Waals surface area contributed by atoms with Gasteiger partial charge in [0.2, 0.25) is 0 Å². The Bertz CT molecular complexity index is 339. The molecule has 2 atom stereocenters. The maximum Gasteiger partial charge on any atom is 0.0335 e. The summed E-state index contributed by atoms with van der Waals surface area (Å²) in [5.41, 5.74) is 1.33. The molecule has 1 fully saturated rings. The zero-order valence-corrected chi connectivity index (χ0v) is 11.6. The van der Waals surface area contributed by atoms with E-state index in [1.54, 1.807) is 0 Å². The summed E-state index contributed by atoms with van der Waals surface area (Å²) in [4.78, 5) is 6.80. The minimum absolute atomic E-state index is 0.495. The fourth-order valence-electron chi connectivity index (χ4n) is 2.70. The Kier molecular flexibility index (Phi) is 5.14. The van der Waals surface area contributed by atoms with E-state index >= 15 is 0 Å². The molecular formula is C15H25N3. The second-order valence-corrected chi connectivity index (χ2v) is 5.32. The molecular weight excluding hydrogens is 222 g/mol. The predicted molar refractivity (Wildman–Crippen MR) is 75.5 cm³/mol. The second kappa shape index (κ2) is 6.86. The molecule has 0 aromatic carbocycles. The first kappa shape index (κ1) is 13.5. The maximum absolute atomic E-state index is 4.22. The summed E-state index contributed by atoms with van der Waals surface area (Å²) in [5.74, 6) is 0.815. The van der Waals surface area contributed by atoms with E-state index in [-0.39, 0.29) is 0 Å². The van der Waals surface area contributed by atoms with Crippen LogP contribution < -0.4 is 5.32 Å². The Morgan fingerprint density at radius 1 is 1.56 bits per heavy atom. The number of nitrogens with zero attached hydrogens (tertiary/aromatic N) is 2. The van der Waals surface area contributed by atoms with Crippen molar-refractivity contribution in [1.29, 1.82) is 0 Å². The van der Waals surface area contributed by atoms with E-state index in [0.29, 0.717) is 6.04 Å². The highest BCUT2D eigenvalue weighted by molar-refractivity contribution is 5.13. The Balaban J connectivity index is 1.81. The molecule has 2 rings (SSSR count). The molecule has 3 heteroatoms. The zero-order valence-electron chi connectivity index (χ0n) is 11.6. The largest absolute Gasteiger partial charge is 0.316 e. The number of likely N-dealkylation sites (tertiary alicyclic amines) is 1. The standard InChI is InChI=1S/C15H25N3/c1-3-7-16-10-14-6-9-18(12-14)13(2)15-5-4-8-17-11-15/h4-5,8,11,13-14,16H,3,6-7,9-10,12H2,1-2H3. The topological polar surface area (TPSA) is 28.2 Å². The Hall–Kier alpha value is -0.930. The van der Waals surface area contributed by atoms with Gasteiger partial charge in [0.05, 0.1) is 0 Å². The first-order valence-electron chi connectivity index (χ1n) is 7.16. The van der Waals surface area contributed by atoms with Crippen LogP contribution in [0.3, 0.4) is 0 Å². The summed E-state index contributed by atoms with van der Waals surface area (Å²) in [6, 6.07) is 4.71. The number of hydrogen-bond acceptors (Lipinski definition) is 3. The molecule has 3 nitrogen and oxygen atoms in total. The Morgan fingerprint density at radius 3 is 3.17 bits per heavy atom. The van der Waals surface area contributed by atoms with Gasteiger partial charge in [-0.2, -0.15) is 0 Å². The minimum Gasteiger partial charge on any atom is -0.316 e. The van der Waals surface area contributed by atoms with Crippen molar-refractivity contribution in [2.24, 2.45) is 5.92 Å². The van der Waals surface area contributed by atoms with Crippen molar-refractivity contribution in [3.63, 3.8) is 0 Å². The van der Waals surface area contributed by atoms with Crippen molar-refractivity contribution in [3.05, 3.63) is 30.1 Å². The molecule has 1 aliphatic heterocycles. The van der Waals surface area contributed by atoms with Gasteiger partial charge in [0.25, 0.3) is 0 Å². The summed E-state index contributed by atoms with van der Waals surface area (Å²) in [6.07, 6.45) is 6.38. The number of nitrogens with one attached hydrogen (secondary N) is 1. The Morgan fingerprint density at radius 2 is 2.44 bits per heavy atom. The van der Waals surface area contributed by atoms with Crippen molar-refractivity contribution in [2.45, 2.75) is 32.7 Å². The lowest BCUT2D eigenvalue weighted by molar-refractivity contribution is 0.251. The predicted octanol–water partition coefficient (Wildman–Crippen LogP) is 2.46. The van der Waals surface area contributed by atoms with Gasteiger partial charge in [0, 0.05) is 25.0 Å². The van der Waals surface area contributed by atoms with E-state index < -0.39 is 0 Å². The first-order chi connectivity index (χ1) is 8.81. The third-order valence-electron chi connectivity index (χ3n) is 3.89. The lowest BCUT2D eigenvalue weighted by Gasteiger charge is -2.24. The third-order valence-corrected chi connectivity index (χ3v) is 3.89. The van der Waals surface area contributed by atoms with Crippen molar-refractivity contribution < 1.29 is 0 Å². The first-order valence-corrected chi connectivity index (χ1v) is 7.16. The fourth-order valence-corrected chi connectivity index (χ4v) is 2.70. The van der Waals surface area contributed by atoms with Gasteiger partial charge in [-0.1, -0.05) is 13.0 Å². The molecule has 1 aromatic heterocycles. The van der Waals surface area contributed by atoms with Gasteiger partial charge in [0.15, 0.2) is 0 Å². The van der Waals surface area contributed by atoms with Gasteiger partial charge in [-0.3, -0.25) is 9.88 Å². The average Bonchev–Trinajstić information content (AvgIpc) is 2.88. The molecule has 1 saturated heterocycles. The number of pyridine rings is 1. The van der Waals surface area contributed by atoms with Crippen molar-refractivity contribution in [1.82, 2.24) is 15.2 Å². The molecule has 2 unspecified atom stereocenters. The van der Waals surface area contributed by atoms with Crippen molar-refractivity contribution >= 4 is 0 Å². The van der Waals surface area contributed by atoms with Crippen LogP contribution in [0.5, 0.6) is 0 Å². The van der Waals surface area contributed by atoms with Gasteiger partial charge >= 0.3 is 0 Å². The molecule has 18 heavy (non-hydrogen) atoms. The highest BCUT2D eigenvalue weighted by atomic mass is 15.2. The summed E-state index contributed by atoms with van der Waals surface area (Å²) in [7, 11) is 0. The monoisotopic (exact) mass is 247 g/mol. The molecule has 1 N–H and O–H groups in total. The van der Waals surface area contributed by atoms with E-state index in [1.807, 2.05) is 18.5 Å². The summed E-state index contributed by atoms with van der Waals surface area (Å²) in [5, 5.41) is 3.54. The van der Waals surface area contributed by atoms with E-state index in [9.17, 15) is 0 Å². The average molecular weight is 247 g/mol. The molecule has 0 saturated carbocycles. The Labute approximate surface area is 111 Å². The van der Waals surface area contributed by atoms with Crippen LogP contribution in [0.2, 0.25) is 0 Å². The summed E-state index contributed by atoms with van der Waals surface area (Å²) in [6.45, 7) is 9.26. The van der Waals surface area contributed by atoms with Crippen molar-refractivity contribution in [3.8, 4) is 0 Å². The molecule has 100 valence electrons. The van der Waals surface area contributed by atoms with Gasteiger partial charge in [-0.15, -0.1) is 0 Å². The lowest BCUT2D eigenvalue weighted by atomic mass is 10.1. The van der Waals surface area contributed by atoms with Crippen LogP contribution in [0, 0.1) is 5.92 Å². The smallest absolute Gasteiger partial charge is 0.0335 e.